The van der Waals surface area contributed by atoms with Gasteiger partial charge in [0.15, 0.2) is 0 Å². The zero-order chi connectivity index (χ0) is 17.8. The van der Waals surface area contributed by atoms with Crippen molar-refractivity contribution in [2.24, 2.45) is 18.9 Å². The Kier molecular flexibility index (Phi) is 6.12. The van der Waals surface area contributed by atoms with Crippen molar-refractivity contribution < 1.29 is 9.53 Å². The third-order valence-corrected chi connectivity index (χ3v) is 5.78. The fourth-order valence-corrected chi connectivity index (χ4v) is 4.44. The number of rotatable bonds is 7. The van der Waals surface area contributed by atoms with E-state index in [1.165, 1.54) is 24.9 Å². The molecule has 3 rings (SSSR count). The van der Waals surface area contributed by atoms with Crippen molar-refractivity contribution >= 4 is 5.97 Å². The number of esters is 1. The Morgan fingerprint density at radius 3 is 2.88 bits per heavy atom. The predicted molar refractivity (Wildman–Crippen MR) is 97.1 cm³/mol. The normalized spacial score (nSPS) is 27.8. The molecule has 6 heteroatoms. The summed E-state index contributed by atoms with van der Waals surface area (Å²) in [6.07, 6.45) is 8.51. The van der Waals surface area contributed by atoms with Crippen molar-refractivity contribution in [1.82, 2.24) is 19.6 Å². The number of cyclic esters (lactones) is 1. The van der Waals surface area contributed by atoms with Crippen LogP contribution in [0.4, 0.5) is 0 Å². The highest BCUT2D eigenvalue weighted by molar-refractivity contribution is 5.74. The van der Waals surface area contributed by atoms with Crippen LogP contribution in [0.25, 0.3) is 0 Å². The molecule has 0 spiro atoms. The van der Waals surface area contributed by atoms with E-state index in [-0.39, 0.29) is 11.9 Å². The van der Waals surface area contributed by atoms with Gasteiger partial charge in [0.25, 0.3) is 0 Å². The number of aromatic nitrogens is 2. The molecule has 1 aromatic rings. The SMILES string of the molecule is CCN1CCC[C@@H](CN(C)CC[C@H]2CCOC2=O)[C@@H]1c1cnn(C)c1. The predicted octanol–water partition coefficient (Wildman–Crippen LogP) is 2.08. The zero-order valence-electron chi connectivity index (χ0n) is 15.9. The molecule has 3 heterocycles. The number of aryl methyl sites for hydroxylation is 1. The summed E-state index contributed by atoms with van der Waals surface area (Å²) in [4.78, 5) is 16.6. The van der Waals surface area contributed by atoms with E-state index < -0.39 is 0 Å². The summed E-state index contributed by atoms with van der Waals surface area (Å²) in [6, 6.07) is 0.450. The number of ether oxygens (including phenoxy) is 1. The van der Waals surface area contributed by atoms with Gasteiger partial charge in [-0.05, 0) is 58.3 Å². The summed E-state index contributed by atoms with van der Waals surface area (Å²) in [5, 5.41) is 4.40. The fourth-order valence-electron chi connectivity index (χ4n) is 4.44. The second-order valence-corrected chi connectivity index (χ2v) is 7.63. The van der Waals surface area contributed by atoms with Crippen LogP contribution in [0, 0.1) is 11.8 Å². The lowest BCUT2D eigenvalue weighted by Gasteiger charge is -2.42. The molecule has 0 N–H and O–H groups in total. The molecule has 2 saturated heterocycles. The standard InChI is InChI=1S/C19H32N4O2/c1-4-23-9-5-6-16(18(23)17-12-20-22(3)14-17)13-21(2)10-7-15-8-11-25-19(15)24/h12,14-16,18H,4-11,13H2,1-3H3/t15-,16-,18+/m0/s1. The van der Waals surface area contributed by atoms with Crippen LogP contribution in [0.2, 0.25) is 0 Å². The third-order valence-electron chi connectivity index (χ3n) is 5.78. The van der Waals surface area contributed by atoms with Gasteiger partial charge in [-0.15, -0.1) is 0 Å². The average Bonchev–Trinajstić information content (AvgIpc) is 3.21. The third kappa shape index (κ3) is 4.42. The van der Waals surface area contributed by atoms with Gasteiger partial charge in [-0.25, -0.2) is 0 Å². The van der Waals surface area contributed by atoms with Crippen LogP contribution in [-0.4, -0.2) is 65.4 Å². The van der Waals surface area contributed by atoms with E-state index in [2.05, 4.69) is 35.1 Å². The van der Waals surface area contributed by atoms with Gasteiger partial charge < -0.3 is 9.64 Å². The quantitative estimate of drug-likeness (QED) is 0.706. The molecule has 2 fully saturated rings. The molecule has 0 unspecified atom stereocenters. The van der Waals surface area contributed by atoms with Crippen molar-refractivity contribution in [3.05, 3.63) is 18.0 Å². The number of carbonyl (C=O) groups is 1. The van der Waals surface area contributed by atoms with Crippen LogP contribution in [0.5, 0.6) is 0 Å². The van der Waals surface area contributed by atoms with E-state index in [0.29, 0.717) is 18.6 Å². The second kappa shape index (κ2) is 8.32. The number of likely N-dealkylation sites (tertiary alicyclic amines) is 1. The van der Waals surface area contributed by atoms with E-state index in [1.807, 2.05) is 17.9 Å². The second-order valence-electron chi connectivity index (χ2n) is 7.63. The topological polar surface area (TPSA) is 50.6 Å². The highest BCUT2D eigenvalue weighted by atomic mass is 16.5. The first kappa shape index (κ1) is 18.4. The molecule has 0 saturated carbocycles. The van der Waals surface area contributed by atoms with Gasteiger partial charge in [-0.3, -0.25) is 14.4 Å². The van der Waals surface area contributed by atoms with Crippen LogP contribution in [0.15, 0.2) is 12.4 Å². The van der Waals surface area contributed by atoms with Gasteiger partial charge in [0.05, 0.1) is 18.7 Å². The molecule has 0 bridgehead atoms. The minimum absolute atomic E-state index is 0.00328. The maximum atomic E-state index is 11.6. The van der Waals surface area contributed by atoms with E-state index >= 15 is 0 Å². The molecule has 2 aliphatic rings. The molecule has 25 heavy (non-hydrogen) atoms. The molecular weight excluding hydrogens is 316 g/mol. The first-order valence-corrected chi connectivity index (χ1v) is 9.66. The molecular formula is C19H32N4O2. The lowest BCUT2D eigenvalue weighted by Crippen LogP contribution is -2.43. The highest BCUT2D eigenvalue weighted by Gasteiger charge is 2.33. The number of nitrogens with zero attached hydrogens (tertiary/aromatic N) is 4. The Morgan fingerprint density at radius 2 is 2.24 bits per heavy atom. The monoisotopic (exact) mass is 348 g/mol. The molecule has 0 amide bonds. The van der Waals surface area contributed by atoms with Crippen molar-refractivity contribution in [3.63, 3.8) is 0 Å². The average molecular weight is 348 g/mol. The zero-order valence-corrected chi connectivity index (χ0v) is 15.9. The molecule has 0 aliphatic carbocycles. The van der Waals surface area contributed by atoms with Gasteiger partial charge in [-0.2, -0.15) is 5.10 Å². The van der Waals surface area contributed by atoms with Gasteiger partial charge in [0.2, 0.25) is 0 Å². The molecule has 0 radical (unpaired) electrons. The number of hydrogen-bond acceptors (Lipinski definition) is 5. The molecule has 6 nitrogen and oxygen atoms in total. The van der Waals surface area contributed by atoms with Gasteiger partial charge >= 0.3 is 5.97 Å². The summed E-state index contributed by atoms with van der Waals surface area (Å²) in [5.74, 6) is 0.713. The van der Waals surface area contributed by atoms with Crippen molar-refractivity contribution in [1.29, 1.82) is 0 Å². The van der Waals surface area contributed by atoms with E-state index in [4.69, 9.17) is 4.74 Å². The Balaban J connectivity index is 1.60. The Bertz CT molecular complexity index is 574. The number of carbonyl (C=O) groups excluding carboxylic acids is 1. The summed E-state index contributed by atoms with van der Waals surface area (Å²) < 4.78 is 6.99. The van der Waals surface area contributed by atoms with Crippen LogP contribution in [-0.2, 0) is 16.6 Å². The van der Waals surface area contributed by atoms with E-state index in [0.717, 1.165) is 32.5 Å². The highest BCUT2D eigenvalue weighted by Crippen LogP contribution is 2.36. The van der Waals surface area contributed by atoms with E-state index in [1.54, 1.807) is 0 Å². The van der Waals surface area contributed by atoms with Gasteiger partial charge in [0, 0.05) is 31.4 Å². The minimum atomic E-state index is -0.00328. The summed E-state index contributed by atoms with van der Waals surface area (Å²) in [7, 11) is 4.18. The van der Waals surface area contributed by atoms with Crippen LogP contribution in [0.1, 0.15) is 44.2 Å². The Labute approximate surface area is 151 Å². The smallest absolute Gasteiger partial charge is 0.309 e. The fraction of sp³-hybridized carbons (Fsp3) is 0.789. The Hall–Kier alpha value is -1.40. The summed E-state index contributed by atoms with van der Waals surface area (Å²) >= 11 is 0. The first-order chi connectivity index (χ1) is 12.1. The number of piperidine rings is 1. The van der Waals surface area contributed by atoms with Gasteiger partial charge in [-0.1, -0.05) is 6.92 Å². The Morgan fingerprint density at radius 1 is 1.40 bits per heavy atom. The van der Waals surface area contributed by atoms with Crippen LogP contribution in [0.3, 0.4) is 0 Å². The molecule has 2 aliphatic heterocycles. The maximum Gasteiger partial charge on any atom is 0.309 e. The molecule has 140 valence electrons. The lowest BCUT2D eigenvalue weighted by atomic mass is 9.85. The number of hydrogen-bond donors (Lipinski definition) is 0. The minimum Gasteiger partial charge on any atom is -0.465 e. The van der Waals surface area contributed by atoms with E-state index in [9.17, 15) is 4.79 Å². The first-order valence-electron chi connectivity index (χ1n) is 9.66. The molecule has 0 aromatic carbocycles. The lowest BCUT2D eigenvalue weighted by molar-refractivity contribution is -0.141. The van der Waals surface area contributed by atoms with Crippen LogP contribution < -0.4 is 0 Å². The van der Waals surface area contributed by atoms with Crippen molar-refractivity contribution in [2.45, 2.75) is 38.6 Å². The summed E-state index contributed by atoms with van der Waals surface area (Å²) in [6.45, 7) is 7.13. The van der Waals surface area contributed by atoms with Gasteiger partial charge in [0.1, 0.15) is 0 Å². The van der Waals surface area contributed by atoms with Crippen molar-refractivity contribution in [3.8, 4) is 0 Å². The summed E-state index contributed by atoms with van der Waals surface area (Å²) in [5.41, 5.74) is 1.34. The molecule has 3 atom stereocenters. The van der Waals surface area contributed by atoms with Crippen molar-refractivity contribution in [2.75, 3.05) is 39.8 Å². The van der Waals surface area contributed by atoms with Crippen LogP contribution >= 0.6 is 0 Å². The largest absolute Gasteiger partial charge is 0.465 e. The molecule has 1 aromatic heterocycles. The maximum absolute atomic E-state index is 11.6.